The predicted molar refractivity (Wildman–Crippen MR) is 127 cm³/mol. The van der Waals surface area contributed by atoms with Gasteiger partial charge in [-0.05, 0) is 79.8 Å². The Morgan fingerprint density at radius 3 is 2.22 bits per heavy atom. The lowest BCUT2D eigenvalue weighted by molar-refractivity contribution is 0.0734. The SMILES string of the molecule is CCCCCc1ccc(-c2ccc(C(=O)Oc3ccc(O[C@H](C)CC)cc3)cc2)c(F)c1. The topological polar surface area (TPSA) is 35.5 Å². The molecule has 0 aliphatic rings. The van der Waals surface area contributed by atoms with E-state index < -0.39 is 5.97 Å². The van der Waals surface area contributed by atoms with Crippen LogP contribution in [0.5, 0.6) is 11.5 Å². The van der Waals surface area contributed by atoms with Crippen LogP contribution in [0.1, 0.15) is 62.4 Å². The molecule has 0 saturated carbocycles. The Balaban J connectivity index is 1.63. The summed E-state index contributed by atoms with van der Waals surface area (Å²) in [7, 11) is 0. The van der Waals surface area contributed by atoms with Crippen LogP contribution in [0.15, 0.2) is 66.7 Å². The summed E-state index contributed by atoms with van der Waals surface area (Å²) in [5.74, 6) is 0.482. The molecule has 3 aromatic rings. The zero-order valence-corrected chi connectivity index (χ0v) is 19.1. The second-order valence-corrected chi connectivity index (χ2v) is 8.05. The Morgan fingerprint density at radius 2 is 1.59 bits per heavy atom. The van der Waals surface area contributed by atoms with E-state index in [9.17, 15) is 9.18 Å². The van der Waals surface area contributed by atoms with Gasteiger partial charge in [0.25, 0.3) is 0 Å². The number of halogens is 1. The molecule has 0 N–H and O–H groups in total. The van der Waals surface area contributed by atoms with E-state index in [0.717, 1.165) is 49.0 Å². The van der Waals surface area contributed by atoms with Gasteiger partial charge in [0.1, 0.15) is 17.3 Å². The maximum absolute atomic E-state index is 14.6. The molecule has 3 nitrogen and oxygen atoms in total. The minimum Gasteiger partial charge on any atom is -0.491 e. The van der Waals surface area contributed by atoms with Crippen LogP contribution in [0.3, 0.4) is 0 Å². The van der Waals surface area contributed by atoms with E-state index in [1.807, 2.05) is 19.1 Å². The lowest BCUT2D eigenvalue weighted by atomic mass is 9.99. The van der Waals surface area contributed by atoms with Gasteiger partial charge >= 0.3 is 5.97 Å². The Hall–Kier alpha value is -3.14. The molecular formula is C28H31FO3. The van der Waals surface area contributed by atoms with Crippen LogP contribution in [0.2, 0.25) is 0 Å². The first-order valence-corrected chi connectivity index (χ1v) is 11.4. The van der Waals surface area contributed by atoms with Crippen LogP contribution < -0.4 is 9.47 Å². The van der Waals surface area contributed by atoms with Crippen molar-refractivity contribution in [2.24, 2.45) is 0 Å². The normalized spacial score (nSPS) is 11.8. The number of carbonyl (C=O) groups excluding carboxylic acids is 1. The van der Waals surface area contributed by atoms with Crippen LogP contribution in [-0.4, -0.2) is 12.1 Å². The summed E-state index contributed by atoms with van der Waals surface area (Å²) in [6, 6.07) is 19.2. The van der Waals surface area contributed by atoms with Crippen molar-refractivity contribution in [1.82, 2.24) is 0 Å². The molecule has 0 radical (unpaired) electrons. The molecule has 0 bridgehead atoms. The minimum absolute atomic E-state index is 0.129. The zero-order valence-electron chi connectivity index (χ0n) is 19.1. The van der Waals surface area contributed by atoms with Gasteiger partial charge < -0.3 is 9.47 Å². The van der Waals surface area contributed by atoms with Crippen molar-refractivity contribution in [2.75, 3.05) is 0 Å². The van der Waals surface area contributed by atoms with Crippen molar-refractivity contribution in [1.29, 1.82) is 0 Å². The number of esters is 1. The maximum Gasteiger partial charge on any atom is 0.343 e. The maximum atomic E-state index is 14.6. The van der Waals surface area contributed by atoms with Gasteiger partial charge in [0.2, 0.25) is 0 Å². The number of hydrogen-bond acceptors (Lipinski definition) is 3. The van der Waals surface area contributed by atoms with Crippen LogP contribution >= 0.6 is 0 Å². The third kappa shape index (κ3) is 6.43. The average Bonchev–Trinajstić information content (AvgIpc) is 2.80. The van der Waals surface area contributed by atoms with Gasteiger partial charge in [-0.15, -0.1) is 0 Å². The molecule has 1 atom stereocenters. The van der Waals surface area contributed by atoms with Crippen molar-refractivity contribution in [3.8, 4) is 22.6 Å². The van der Waals surface area contributed by atoms with E-state index in [0.29, 0.717) is 16.9 Å². The number of unbranched alkanes of at least 4 members (excludes halogenated alkanes) is 2. The summed E-state index contributed by atoms with van der Waals surface area (Å²) in [4.78, 5) is 12.5. The molecule has 4 heteroatoms. The van der Waals surface area contributed by atoms with Crippen molar-refractivity contribution < 1.29 is 18.7 Å². The number of ether oxygens (including phenoxy) is 2. The highest BCUT2D eigenvalue weighted by atomic mass is 19.1. The average molecular weight is 435 g/mol. The van der Waals surface area contributed by atoms with Crippen molar-refractivity contribution in [2.45, 2.75) is 59.0 Å². The Morgan fingerprint density at radius 1 is 0.906 bits per heavy atom. The largest absolute Gasteiger partial charge is 0.491 e. The molecule has 0 fully saturated rings. The van der Waals surface area contributed by atoms with Crippen LogP contribution in [0, 0.1) is 5.82 Å². The number of rotatable bonds is 10. The highest BCUT2D eigenvalue weighted by molar-refractivity contribution is 5.91. The molecule has 0 unspecified atom stereocenters. The van der Waals surface area contributed by atoms with Crippen LogP contribution in [0.25, 0.3) is 11.1 Å². The van der Waals surface area contributed by atoms with E-state index in [4.69, 9.17) is 9.47 Å². The van der Waals surface area contributed by atoms with E-state index in [-0.39, 0.29) is 11.9 Å². The smallest absolute Gasteiger partial charge is 0.343 e. The van der Waals surface area contributed by atoms with Crippen molar-refractivity contribution >= 4 is 5.97 Å². The monoisotopic (exact) mass is 434 g/mol. The summed E-state index contributed by atoms with van der Waals surface area (Å²) in [5, 5.41) is 0. The molecule has 0 aliphatic carbocycles. The number of benzene rings is 3. The summed E-state index contributed by atoms with van der Waals surface area (Å²) in [6.07, 6.45) is 5.30. The molecule has 0 saturated heterocycles. The lowest BCUT2D eigenvalue weighted by Crippen LogP contribution is -2.10. The second kappa shape index (κ2) is 11.5. The highest BCUT2D eigenvalue weighted by Gasteiger charge is 2.11. The number of carbonyl (C=O) groups is 1. The predicted octanol–water partition coefficient (Wildman–Crippen LogP) is 7.62. The molecule has 0 aliphatic heterocycles. The summed E-state index contributed by atoms with van der Waals surface area (Å²) in [5.41, 5.74) is 2.68. The fourth-order valence-corrected chi connectivity index (χ4v) is 3.38. The molecule has 32 heavy (non-hydrogen) atoms. The van der Waals surface area contributed by atoms with E-state index in [2.05, 4.69) is 13.8 Å². The number of hydrogen-bond donors (Lipinski definition) is 0. The third-order valence-electron chi connectivity index (χ3n) is 5.48. The van der Waals surface area contributed by atoms with Crippen LogP contribution in [-0.2, 0) is 6.42 Å². The van der Waals surface area contributed by atoms with E-state index in [1.54, 1.807) is 54.6 Å². The molecule has 0 heterocycles. The van der Waals surface area contributed by atoms with E-state index in [1.165, 1.54) is 0 Å². The first-order chi connectivity index (χ1) is 15.5. The van der Waals surface area contributed by atoms with Crippen molar-refractivity contribution in [3.05, 3.63) is 83.7 Å². The first kappa shape index (κ1) is 23.5. The molecular weight excluding hydrogens is 403 g/mol. The van der Waals surface area contributed by atoms with E-state index >= 15 is 0 Å². The molecule has 0 spiro atoms. The molecule has 3 aromatic carbocycles. The molecule has 0 amide bonds. The van der Waals surface area contributed by atoms with Gasteiger partial charge in [-0.3, -0.25) is 0 Å². The second-order valence-electron chi connectivity index (χ2n) is 8.05. The van der Waals surface area contributed by atoms with Gasteiger partial charge in [0, 0.05) is 5.56 Å². The molecule has 168 valence electrons. The van der Waals surface area contributed by atoms with Crippen LogP contribution in [0.4, 0.5) is 4.39 Å². The molecule has 0 aromatic heterocycles. The van der Waals surface area contributed by atoms with Gasteiger partial charge in [-0.1, -0.05) is 51.0 Å². The van der Waals surface area contributed by atoms with Gasteiger partial charge in [0.15, 0.2) is 0 Å². The standard InChI is InChI=1S/C28H31FO3/c1-4-6-7-8-21-9-18-26(27(29)19-21)22-10-12-23(13-11-22)28(30)32-25-16-14-24(15-17-25)31-20(3)5-2/h9-20H,4-8H2,1-3H3/t20-/m1/s1. The zero-order chi connectivity index (χ0) is 22.9. The third-order valence-corrected chi connectivity index (χ3v) is 5.48. The quantitative estimate of drug-likeness (QED) is 0.187. The fourth-order valence-electron chi connectivity index (χ4n) is 3.38. The first-order valence-electron chi connectivity index (χ1n) is 11.4. The molecule has 3 rings (SSSR count). The minimum atomic E-state index is -0.459. The Kier molecular flexibility index (Phi) is 8.43. The number of aryl methyl sites for hydroxylation is 1. The summed E-state index contributed by atoms with van der Waals surface area (Å²) in [6.45, 7) is 6.22. The van der Waals surface area contributed by atoms with Gasteiger partial charge in [0.05, 0.1) is 11.7 Å². The Bertz CT molecular complexity index is 1010. The van der Waals surface area contributed by atoms with Gasteiger partial charge in [-0.2, -0.15) is 0 Å². The van der Waals surface area contributed by atoms with Gasteiger partial charge in [-0.25, -0.2) is 9.18 Å². The Labute approximate surface area is 190 Å². The summed E-state index contributed by atoms with van der Waals surface area (Å²) < 4.78 is 25.8. The van der Waals surface area contributed by atoms with Crippen molar-refractivity contribution in [3.63, 3.8) is 0 Å². The summed E-state index contributed by atoms with van der Waals surface area (Å²) >= 11 is 0. The fraction of sp³-hybridized carbons (Fsp3) is 0.321. The highest BCUT2D eigenvalue weighted by Crippen LogP contribution is 2.26. The lowest BCUT2D eigenvalue weighted by Gasteiger charge is -2.12.